The molecule has 0 unspecified atom stereocenters. The Morgan fingerprint density at radius 3 is 2.19 bits per heavy atom. The van der Waals surface area contributed by atoms with Crippen molar-refractivity contribution in [3.05, 3.63) is 59.2 Å². The second kappa shape index (κ2) is 8.35. The minimum Gasteiger partial charge on any atom is -0.466 e. The highest BCUT2D eigenvalue weighted by molar-refractivity contribution is 5.98. The van der Waals surface area contributed by atoms with Crippen LogP contribution in [0.4, 0.5) is 4.39 Å². The molecule has 1 fully saturated rings. The number of carbonyl (C=O) groups excluding carboxylic acids is 2. The lowest BCUT2D eigenvalue weighted by Gasteiger charge is -2.31. The quantitative estimate of drug-likeness (QED) is 0.737. The molecule has 0 aliphatic carbocycles. The van der Waals surface area contributed by atoms with E-state index in [-0.39, 0.29) is 17.3 Å². The molecule has 2 aliphatic rings. The van der Waals surface area contributed by atoms with Crippen LogP contribution in [0.1, 0.15) is 24.3 Å². The molecule has 27 heavy (non-hydrogen) atoms. The number of ether oxygens (including phenoxy) is 3. The average Bonchev–Trinajstić information content (AvgIpc) is 3.20. The van der Waals surface area contributed by atoms with E-state index in [9.17, 15) is 14.0 Å². The molecule has 0 radical (unpaired) electrons. The molecule has 7 heteroatoms. The second-order valence-corrected chi connectivity index (χ2v) is 6.47. The summed E-state index contributed by atoms with van der Waals surface area (Å²) in [6.07, 6.45) is 5.25. The van der Waals surface area contributed by atoms with Gasteiger partial charge in [-0.05, 0) is 30.5 Å². The first-order chi connectivity index (χ1) is 13.0. The van der Waals surface area contributed by atoms with E-state index in [1.807, 2.05) is 0 Å². The van der Waals surface area contributed by atoms with Gasteiger partial charge in [0.05, 0.1) is 37.4 Å². The summed E-state index contributed by atoms with van der Waals surface area (Å²) in [5.41, 5.74) is 1.16. The van der Waals surface area contributed by atoms with Gasteiger partial charge >= 0.3 is 11.9 Å². The normalized spacial score (nSPS) is 20.1. The van der Waals surface area contributed by atoms with Crippen LogP contribution in [-0.4, -0.2) is 50.3 Å². The van der Waals surface area contributed by atoms with E-state index in [1.165, 1.54) is 26.4 Å². The summed E-state index contributed by atoms with van der Waals surface area (Å²) in [5, 5.41) is 0. The van der Waals surface area contributed by atoms with Crippen molar-refractivity contribution in [1.29, 1.82) is 0 Å². The van der Waals surface area contributed by atoms with Crippen LogP contribution in [0, 0.1) is 5.82 Å². The maximum Gasteiger partial charge on any atom is 0.336 e. The molecule has 1 aromatic carbocycles. The van der Waals surface area contributed by atoms with E-state index in [0.717, 1.165) is 12.8 Å². The van der Waals surface area contributed by atoms with Gasteiger partial charge in [-0.3, -0.25) is 0 Å². The molecule has 0 bridgehead atoms. The van der Waals surface area contributed by atoms with Crippen molar-refractivity contribution in [3.63, 3.8) is 0 Å². The van der Waals surface area contributed by atoms with Crippen LogP contribution < -0.4 is 0 Å². The fourth-order valence-electron chi connectivity index (χ4n) is 3.43. The third-order valence-electron chi connectivity index (χ3n) is 4.72. The fraction of sp³-hybridized carbons (Fsp3) is 0.400. The summed E-state index contributed by atoms with van der Waals surface area (Å²) < 4.78 is 28.9. The lowest BCUT2D eigenvalue weighted by Crippen LogP contribution is -2.32. The molecule has 2 heterocycles. The van der Waals surface area contributed by atoms with Gasteiger partial charge < -0.3 is 19.1 Å². The van der Waals surface area contributed by atoms with E-state index >= 15 is 0 Å². The van der Waals surface area contributed by atoms with Gasteiger partial charge in [0.1, 0.15) is 5.82 Å². The first kappa shape index (κ1) is 19.1. The minimum absolute atomic E-state index is 0.0256. The molecule has 1 saturated heterocycles. The van der Waals surface area contributed by atoms with Crippen LogP contribution >= 0.6 is 0 Å². The van der Waals surface area contributed by atoms with Crippen molar-refractivity contribution in [3.8, 4) is 0 Å². The molecular formula is C20H22FNO5. The lowest BCUT2D eigenvalue weighted by molar-refractivity contribution is -0.137. The maximum atomic E-state index is 13.4. The summed E-state index contributed by atoms with van der Waals surface area (Å²) in [4.78, 5) is 26.7. The number of carbonyl (C=O) groups is 2. The molecule has 1 aromatic rings. The summed E-state index contributed by atoms with van der Waals surface area (Å²) in [6, 6.07) is 5.67. The number of esters is 2. The SMILES string of the molecule is COC(=O)C1=CN(C[C@@H]2CCCO2)C=C(C(=O)OC)C1c1ccc(F)cc1. The van der Waals surface area contributed by atoms with Crippen molar-refractivity contribution >= 4 is 11.9 Å². The Bertz CT molecular complexity index is 731. The van der Waals surface area contributed by atoms with Crippen molar-refractivity contribution < 1.29 is 28.2 Å². The molecule has 3 rings (SSSR count). The van der Waals surface area contributed by atoms with Gasteiger partial charge in [0.25, 0.3) is 0 Å². The molecule has 0 amide bonds. The standard InChI is InChI=1S/C20H22FNO5/c1-25-19(23)16-11-22(10-15-4-3-9-27-15)12-17(20(24)26-2)18(16)13-5-7-14(21)8-6-13/h5-8,11-12,15,18H,3-4,9-10H2,1-2H3/t15-/m0/s1. The third kappa shape index (κ3) is 4.19. The summed E-state index contributed by atoms with van der Waals surface area (Å²) >= 11 is 0. The molecule has 0 saturated carbocycles. The lowest BCUT2D eigenvalue weighted by atomic mass is 9.83. The highest BCUT2D eigenvalue weighted by atomic mass is 19.1. The first-order valence-electron chi connectivity index (χ1n) is 8.76. The van der Waals surface area contributed by atoms with Crippen LogP contribution in [0.15, 0.2) is 47.8 Å². The van der Waals surface area contributed by atoms with Gasteiger partial charge in [-0.1, -0.05) is 12.1 Å². The van der Waals surface area contributed by atoms with Crippen molar-refractivity contribution in [2.75, 3.05) is 27.4 Å². The Morgan fingerprint density at radius 2 is 1.70 bits per heavy atom. The number of rotatable bonds is 5. The molecular weight excluding hydrogens is 353 g/mol. The van der Waals surface area contributed by atoms with Gasteiger partial charge in [-0.15, -0.1) is 0 Å². The topological polar surface area (TPSA) is 65.1 Å². The predicted octanol–water partition coefficient (Wildman–Crippen LogP) is 2.52. The maximum absolute atomic E-state index is 13.4. The molecule has 0 spiro atoms. The highest BCUT2D eigenvalue weighted by Gasteiger charge is 2.35. The van der Waals surface area contributed by atoms with Crippen LogP contribution in [0.5, 0.6) is 0 Å². The van der Waals surface area contributed by atoms with Crippen LogP contribution in [0.2, 0.25) is 0 Å². The molecule has 6 nitrogen and oxygen atoms in total. The molecule has 1 atom stereocenters. The largest absolute Gasteiger partial charge is 0.466 e. The Morgan fingerprint density at radius 1 is 1.11 bits per heavy atom. The number of hydrogen-bond donors (Lipinski definition) is 0. The summed E-state index contributed by atoms with van der Waals surface area (Å²) in [5.74, 6) is -2.22. The second-order valence-electron chi connectivity index (χ2n) is 6.47. The Kier molecular flexibility index (Phi) is 5.91. The van der Waals surface area contributed by atoms with Crippen LogP contribution in [0.25, 0.3) is 0 Å². The van der Waals surface area contributed by atoms with E-state index < -0.39 is 23.7 Å². The zero-order valence-corrected chi connectivity index (χ0v) is 15.3. The van der Waals surface area contributed by atoms with E-state index in [4.69, 9.17) is 14.2 Å². The number of hydrogen-bond acceptors (Lipinski definition) is 6. The highest BCUT2D eigenvalue weighted by Crippen LogP contribution is 2.37. The summed E-state index contributed by atoms with van der Waals surface area (Å²) in [7, 11) is 2.57. The zero-order chi connectivity index (χ0) is 19.4. The molecule has 144 valence electrons. The van der Waals surface area contributed by atoms with Crippen LogP contribution in [0.3, 0.4) is 0 Å². The Labute approximate surface area is 157 Å². The van der Waals surface area contributed by atoms with Crippen LogP contribution in [-0.2, 0) is 23.8 Å². The fourth-order valence-corrected chi connectivity index (χ4v) is 3.43. The van der Waals surface area contributed by atoms with Gasteiger partial charge in [0.15, 0.2) is 0 Å². The van der Waals surface area contributed by atoms with E-state index in [0.29, 0.717) is 18.7 Å². The van der Waals surface area contributed by atoms with Crippen molar-refractivity contribution in [2.24, 2.45) is 0 Å². The Hall–Kier alpha value is -2.67. The summed E-state index contributed by atoms with van der Waals surface area (Å²) in [6.45, 7) is 1.22. The number of methoxy groups -OCH3 is 2. The van der Waals surface area contributed by atoms with Gasteiger partial charge in [-0.25, -0.2) is 14.0 Å². The Balaban J connectivity index is 2.01. The van der Waals surface area contributed by atoms with Crippen molar-refractivity contribution in [1.82, 2.24) is 4.90 Å². The molecule has 0 N–H and O–H groups in total. The monoisotopic (exact) mass is 375 g/mol. The smallest absolute Gasteiger partial charge is 0.336 e. The molecule has 2 aliphatic heterocycles. The molecule has 0 aromatic heterocycles. The van der Waals surface area contributed by atoms with Crippen molar-refractivity contribution in [2.45, 2.75) is 24.9 Å². The van der Waals surface area contributed by atoms with E-state index in [1.54, 1.807) is 29.4 Å². The van der Waals surface area contributed by atoms with Gasteiger partial charge in [0, 0.05) is 25.6 Å². The third-order valence-corrected chi connectivity index (χ3v) is 4.72. The first-order valence-corrected chi connectivity index (χ1v) is 8.76. The minimum atomic E-state index is -0.703. The predicted molar refractivity (Wildman–Crippen MR) is 95.0 cm³/mol. The van der Waals surface area contributed by atoms with E-state index in [2.05, 4.69) is 0 Å². The van der Waals surface area contributed by atoms with Gasteiger partial charge in [-0.2, -0.15) is 0 Å². The van der Waals surface area contributed by atoms with Gasteiger partial charge in [0.2, 0.25) is 0 Å². The zero-order valence-electron chi connectivity index (χ0n) is 15.3. The number of halogens is 1. The number of benzene rings is 1. The number of nitrogens with zero attached hydrogens (tertiary/aromatic N) is 1. The average molecular weight is 375 g/mol.